The van der Waals surface area contributed by atoms with E-state index in [-0.39, 0.29) is 11.8 Å². The van der Waals surface area contributed by atoms with E-state index in [9.17, 15) is 9.90 Å². The minimum absolute atomic E-state index is 0.199. The van der Waals surface area contributed by atoms with E-state index in [0.717, 1.165) is 31.2 Å². The Balaban J connectivity index is 2.11. The van der Waals surface area contributed by atoms with E-state index < -0.39 is 5.97 Å². The van der Waals surface area contributed by atoms with Crippen molar-refractivity contribution in [1.29, 1.82) is 0 Å². The smallest absolute Gasteiger partial charge is 0.306 e. The Kier molecular flexibility index (Phi) is 5.95. The van der Waals surface area contributed by atoms with Gasteiger partial charge in [-0.3, -0.25) is 4.79 Å². The standard InChI is InChI=1S/C17H22Cl2O2/c1-2-3-11-4-6-14(17(20)21)13(8-11)9-12-5-7-15(18)16(19)10-12/h5,7,10-11,13-14H,2-4,6,8-9H2,1H3,(H,20,21). The second-order valence-electron chi connectivity index (χ2n) is 6.13. The van der Waals surface area contributed by atoms with Gasteiger partial charge >= 0.3 is 5.97 Å². The highest BCUT2D eigenvalue weighted by Crippen LogP contribution is 2.38. The van der Waals surface area contributed by atoms with E-state index in [1.807, 2.05) is 12.1 Å². The van der Waals surface area contributed by atoms with Crippen LogP contribution < -0.4 is 0 Å². The number of rotatable bonds is 5. The second kappa shape index (κ2) is 7.51. The number of hydrogen-bond acceptors (Lipinski definition) is 1. The maximum atomic E-state index is 11.5. The van der Waals surface area contributed by atoms with Gasteiger partial charge < -0.3 is 5.11 Å². The van der Waals surface area contributed by atoms with Gasteiger partial charge in [0.2, 0.25) is 0 Å². The second-order valence-corrected chi connectivity index (χ2v) is 6.94. The maximum Gasteiger partial charge on any atom is 0.306 e. The van der Waals surface area contributed by atoms with Gasteiger partial charge in [0, 0.05) is 0 Å². The number of hydrogen-bond donors (Lipinski definition) is 1. The van der Waals surface area contributed by atoms with Crippen LogP contribution in [0.3, 0.4) is 0 Å². The van der Waals surface area contributed by atoms with Gasteiger partial charge in [-0.05, 0) is 55.2 Å². The molecule has 2 nitrogen and oxygen atoms in total. The van der Waals surface area contributed by atoms with E-state index >= 15 is 0 Å². The van der Waals surface area contributed by atoms with Gasteiger partial charge in [-0.15, -0.1) is 0 Å². The first-order chi connectivity index (χ1) is 10.0. The zero-order valence-corrected chi connectivity index (χ0v) is 13.8. The molecule has 1 fully saturated rings. The van der Waals surface area contributed by atoms with Crippen molar-refractivity contribution in [3.8, 4) is 0 Å². The molecule has 1 aromatic carbocycles. The first kappa shape index (κ1) is 16.6. The highest BCUT2D eigenvalue weighted by atomic mass is 35.5. The lowest BCUT2D eigenvalue weighted by atomic mass is 9.70. The predicted molar refractivity (Wildman–Crippen MR) is 87.0 cm³/mol. The molecule has 0 spiro atoms. The Hall–Kier alpha value is -0.730. The van der Waals surface area contributed by atoms with Crippen LogP contribution in [0.4, 0.5) is 0 Å². The van der Waals surface area contributed by atoms with Crippen molar-refractivity contribution in [2.24, 2.45) is 17.8 Å². The van der Waals surface area contributed by atoms with Gasteiger partial charge in [-0.25, -0.2) is 0 Å². The van der Waals surface area contributed by atoms with Crippen molar-refractivity contribution < 1.29 is 9.90 Å². The number of benzene rings is 1. The Labute approximate surface area is 136 Å². The average molecular weight is 329 g/mol. The molecule has 0 aromatic heterocycles. The van der Waals surface area contributed by atoms with Gasteiger partial charge in [-0.2, -0.15) is 0 Å². The first-order valence-electron chi connectivity index (χ1n) is 7.68. The molecule has 116 valence electrons. The first-order valence-corrected chi connectivity index (χ1v) is 8.43. The molecule has 1 aliphatic rings. The van der Waals surface area contributed by atoms with Crippen molar-refractivity contribution in [3.63, 3.8) is 0 Å². The van der Waals surface area contributed by atoms with Crippen LogP contribution in [-0.2, 0) is 11.2 Å². The summed E-state index contributed by atoms with van der Waals surface area (Å²) < 4.78 is 0. The molecule has 2 rings (SSSR count). The fourth-order valence-electron chi connectivity index (χ4n) is 3.55. The molecular weight excluding hydrogens is 307 g/mol. The van der Waals surface area contributed by atoms with Crippen LogP contribution in [0, 0.1) is 17.8 Å². The average Bonchev–Trinajstić information content (AvgIpc) is 2.43. The van der Waals surface area contributed by atoms with Crippen LogP contribution in [-0.4, -0.2) is 11.1 Å². The van der Waals surface area contributed by atoms with Crippen LogP contribution in [0.1, 0.15) is 44.6 Å². The van der Waals surface area contributed by atoms with E-state index in [0.29, 0.717) is 16.0 Å². The van der Waals surface area contributed by atoms with E-state index in [1.165, 1.54) is 12.8 Å². The summed E-state index contributed by atoms with van der Waals surface area (Å²) >= 11 is 12.0. The summed E-state index contributed by atoms with van der Waals surface area (Å²) in [5, 5.41) is 10.5. The van der Waals surface area contributed by atoms with Gasteiger partial charge in [-0.1, -0.05) is 49.0 Å². The quantitative estimate of drug-likeness (QED) is 0.779. The highest BCUT2D eigenvalue weighted by molar-refractivity contribution is 6.42. The van der Waals surface area contributed by atoms with Crippen LogP contribution in [0.5, 0.6) is 0 Å². The Morgan fingerprint density at radius 1 is 1.29 bits per heavy atom. The summed E-state index contributed by atoms with van der Waals surface area (Å²) in [6.07, 6.45) is 5.99. The van der Waals surface area contributed by atoms with Crippen LogP contribution in [0.15, 0.2) is 18.2 Å². The normalized spacial score (nSPS) is 25.8. The minimum Gasteiger partial charge on any atom is -0.481 e. The summed E-state index contributed by atoms with van der Waals surface area (Å²) in [4.78, 5) is 11.5. The largest absolute Gasteiger partial charge is 0.481 e. The molecular formula is C17H22Cl2O2. The monoisotopic (exact) mass is 328 g/mol. The summed E-state index contributed by atoms with van der Waals surface area (Å²) in [5.74, 6) is -0.0222. The highest BCUT2D eigenvalue weighted by Gasteiger charge is 2.34. The zero-order chi connectivity index (χ0) is 15.4. The molecule has 3 atom stereocenters. The maximum absolute atomic E-state index is 11.5. The van der Waals surface area contributed by atoms with Crippen LogP contribution in [0.2, 0.25) is 10.0 Å². The van der Waals surface area contributed by atoms with E-state index in [1.54, 1.807) is 6.07 Å². The summed E-state index contributed by atoms with van der Waals surface area (Å²) in [6, 6.07) is 5.62. The molecule has 0 amide bonds. The van der Waals surface area contributed by atoms with E-state index in [4.69, 9.17) is 23.2 Å². The minimum atomic E-state index is -0.657. The Morgan fingerprint density at radius 2 is 2.05 bits per heavy atom. The number of carboxylic acid groups (broad SMARTS) is 1. The summed E-state index contributed by atoms with van der Waals surface area (Å²) in [6.45, 7) is 2.19. The molecule has 1 aromatic rings. The third-order valence-electron chi connectivity index (χ3n) is 4.59. The van der Waals surface area contributed by atoms with E-state index in [2.05, 4.69) is 6.92 Å². The molecule has 0 heterocycles. The van der Waals surface area contributed by atoms with Gasteiger partial charge in [0.1, 0.15) is 0 Å². The van der Waals surface area contributed by atoms with Crippen molar-refractivity contribution >= 4 is 29.2 Å². The fraction of sp³-hybridized carbons (Fsp3) is 0.588. The van der Waals surface area contributed by atoms with Crippen molar-refractivity contribution in [2.75, 3.05) is 0 Å². The molecule has 1 N–H and O–H groups in total. The number of aliphatic carboxylic acids is 1. The molecule has 1 saturated carbocycles. The van der Waals surface area contributed by atoms with Crippen molar-refractivity contribution in [1.82, 2.24) is 0 Å². The summed E-state index contributed by atoms with van der Waals surface area (Å²) in [7, 11) is 0. The topological polar surface area (TPSA) is 37.3 Å². The lowest BCUT2D eigenvalue weighted by Crippen LogP contribution is -2.32. The lowest BCUT2D eigenvalue weighted by molar-refractivity contribution is -0.145. The molecule has 4 heteroatoms. The van der Waals surface area contributed by atoms with Gasteiger partial charge in [0.15, 0.2) is 0 Å². The molecule has 0 radical (unpaired) electrons. The predicted octanol–water partition coefficient (Wildman–Crippen LogP) is 5.45. The third kappa shape index (κ3) is 4.37. The van der Waals surface area contributed by atoms with Crippen molar-refractivity contribution in [2.45, 2.75) is 45.4 Å². The molecule has 0 bridgehead atoms. The molecule has 1 aliphatic carbocycles. The molecule has 0 saturated heterocycles. The third-order valence-corrected chi connectivity index (χ3v) is 5.33. The zero-order valence-electron chi connectivity index (χ0n) is 12.3. The fourth-order valence-corrected chi connectivity index (χ4v) is 3.87. The van der Waals surface area contributed by atoms with Gasteiger partial charge in [0.05, 0.1) is 16.0 Å². The summed E-state index contributed by atoms with van der Waals surface area (Å²) in [5.41, 5.74) is 1.08. The Bertz CT molecular complexity index is 502. The number of halogens is 2. The van der Waals surface area contributed by atoms with Crippen molar-refractivity contribution in [3.05, 3.63) is 33.8 Å². The molecule has 3 unspecified atom stereocenters. The molecule has 21 heavy (non-hydrogen) atoms. The number of carboxylic acids is 1. The lowest BCUT2D eigenvalue weighted by Gasteiger charge is -2.34. The van der Waals surface area contributed by atoms with Crippen LogP contribution >= 0.6 is 23.2 Å². The SMILES string of the molecule is CCCC1CCC(C(=O)O)C(Cc2ccc(Cl)c(Cl)c2)C1. The van der Waals surface area contributed by atoms with Crippen LogP contribution in [0.25, 0.3) is 0 Å². The molecule has 0 aliphatic heterocycles. The number of carbonyl (C=O) groups is 1. The van der Waals surface area contributed by atoms with Gasteiger partial charge in [0.25, 0.3) is 0 Å². The Morgan fingerprint density at radius 3 is 2.67 bits per heavy atom.